The Balaban J connectivity index is 1.53. The van der Waals surface area contributed by atoms with Crippen molar-refractivity contribution in [2.24, 2.45) is 0 Å². The number of carbonyl (C=O) groups excluding carboxylic acids is 2. The molecule has 9 nitrogen and oxygen atoms in total. The lowest BCUT2D eigenvalue weighted by Crippen LogP contribution is -2.44. The topological polar surface area (TPSA) is 123 Å². The first-order valence-corrected chi connectivity index (χ1v) is 13.3. The predicted molar refractivity (Wildman–Crippen MR) is 135 cm³/mol. The number of carbonyl (C=O) groups is 2. The zero-order valence-corrected chi connectivity index (χ0v) is 21.1. The van der Waals surface area contributed by atoms with E-state index in [1.807, 2.05) is 0 Å². The van der Waals surface area contributed by atoms with Gasteiger partial charge in [0.25, 0.3) is 5.56 Å². The van der Waals surface area contributed by atoms with Crippen LogP contribution in [0, 0.1) is 12.7 Å². The highest BCUT2D eigenvalue weighted by Crippen LogP contribution is 2.40. The van der Waals surface area contributed by atoms with Crippen molar-refractivity contribution < 1.29 is 23.8 Å². The number of thioether (sulfide) groups is 1. The quantitative estimate of drug-likeness (QED) is 0.346. The molecule has 11 heteroatoms. The smallest absolute Gasteiger partial charge is 0.343 e. The molecule has 2 aromatic heterocycles. The molecule has 192 valence electrons. The maximum atomic E-state index is 14.6. The molecule has 0 spiro atoms. The fraction of sp³-hybridized carbons (Fsp3) is 0.385. The standard InChI is InChI=1S/C26H25FN4O5S/c1-3-26(35)17-5-21-22-15(8-31(21)24(33)16(17)9-36-25(26)34)14(7-28-23(32)20-10-37-11-29-20)13-4-12(2)18(27)6-19(13)30-22/h4-6,20,29,35H,3,7-11H2,1-2H3,(H,28,32)/t20-,26+/m1/s1. The Labute approximate surface area is 215 Å². The van der Waals surface area contributed by atoms with Gasteiger partial charge in [0.05, 0.1) is 35.1 Å². The molecule has 1 saturated heterocycles. The molecule has 0 bridgehead atoms. The van der Waals surface area contributed by atoms with Crippen LogP contribution >= 0.6 is 11.8 Å². The summed E-state index contributed by atoms with van der Waals surface area (Å²) >= 11 is 1.65. The lowest BCUT2D eigenvalue weighted by Gasteiger charge is -2.31. The van der Waals surface area contributed by atoms with Gasteiger partial charge in [-0.2, -0.15) is 0 Å². The summed E-state index contributed by atoms with van der Waals surface area (Å²) in [7, 11) is 0. The minimum Gasteiger partial charge on any atom is -0.458 e. The zero-order chi connectivity index (χ0) is 26.1. The van der Waals surface area contributed by atoms with E-state index in [0.717, 1.165) is 11.1 Å². The second kappa shape index (κ2) is 8.64. The summed E-state index contributed by atoms with van der Waals surface area (Å²) in [5, 5.41) is 17.9. The lowest BCUT2D eigenvalue weighted by atomic mass is 9.86. The first-order chi connectivity index (χ1) is 17.7. The Morgan fingerprint density at radius 2 is 2.16 bits per heavy atom. The molecule has 3 aromatic rings. The van der Waals surface area contributed by atoms with E-state index in [2.05, 4.69) is 10.6 Å². The summed E-state index contributed by atoms with van der Waals surface area (Å²) in [6, 6.07) is 4.39. The van der Waals surface area contributed by atoms with Crippen LogP contribution in [0.3, 0.4) is 0 Å². The average molecular weight is 525 g/mol. The van der Waals surface area contributed by atoms with Gasteiger partial charge in [-0.3, -0.25) is 14.9 Å². The van der Waals surface area contributed by atoms with E-state index in [0.29, 0.717) is 39.5 Å². The first-order valence-electron chi connectivity index (χ1n) is 12.1. The number of benzene rings is 1. The van der Waals surface area contributed by atoms with Gasteiger partial charge in [0.15, 0.2) is 5.60 Å². The summed E-state index contributed by atoms with van der Waals surface area (Å²) in [5.74, 6) is 0.0546. The summed E-state index contributed by atoms with van der Waals surface area (Å²) in [6.45, 7) is 3.46. The van der Waals surface area contributed by atoms with Crippen molar-refractivity contribution in [3.63, 3.8) is 0 Å². The number of aryl methyl sites for hydroxylation is 1. The third-order valence-corrected chi connectivity index (χ3v) is 8.50. The molecule has 0 saturated carbocycles. The Hall–Kier alpha value is -3.28. The van der Waals surface area contributed by atoms with Crippen molar-refractivity contribution in [1.82, 2.24) is 20.2 Å². The molecule has 0 aliphatic carbocycles. The number of amides is 1. The number of aliphatic hydroxyl groups is 1. The number of esters is 1. The van der Waals surface area contributed by atoms with Crippen LogP contribution in [0.2, 0.25) is 0 Å². The van der Waals surface area contributed by atoms with Crippen LogP contribution in [-0.2, 0) is 39.6 Å². The van der Waals surface area contributed by atoms with Gasteiger partial charge in [-0.1, -0.05) is 6.92 Å². The highest BCUT2D eigenvalue weighted by molar-refractivity contribution is 7.99. The maximum Gasteiger partial charge on any atom is 0.343 e. The van der Waals surface area contributed by atoms with Crippen LogP contribution < -0.4 is 16.2 Å². The number of rotatable bonds is 4. The fourth-order valence-corrected chi connectivity index (χ4v) is 6.30. The summed E-state index contributed by atoms with van der Waals surface area (Å²) in [6.07, 6.45) is 0.0367. The second-order valence-electron chi connectivity index (χ2n) is 9.63. The Kier molecular flexibility index (Phi) is 5.62. The number of fused-ring (bicyclic) bond motifs is 5. The molecule has 6 rings (SSSR count). The molecule has 1 amide bonds. The van der Waals surface area contributed by atoms with Crippen molar-refractivity contribution in [2.75, 3.05) is 11.6 Å². The zero-order valence-electron chi connectivity index (χ0n) is 20.3. The van der Waals surface area contributed by atoms with Gasteiger partial charge in [0.2, 0.25) is 5.91 Å². The van der Waals surface area contributed by atoms with Gasteiger partial charge in [0, 0.05) is 40.8 Å². The number of cyclic esters (lactones) is 1. The van der Waals surface area contributed by atoms with Crippen molar-refractivity contribution in [1.29, 1.82) is 0 Å². The normalized spacial score (nSPS) is 21.9. The second-order valence-corrected chi connectivity index (χ2v) is 10.7. The van der Waals surface area contributed by atoms with E-state index >= 15 is 0 Å². The average Bonchev–Trinajstić information content (AvgIpc) is 3.54. The molecule has 2 atom stereocenters. The van der Waals surface area contributed by atoms with E-state index in [1.54, 1.807) is 37.7 Å². The van der Waals surface area contributed by atoms with Crippen molar-refractivity contribution in [3.05, 3.63) is 62.2 Å². The summed E-state index contributed by atoms with van der Waals surface area (Å²) in [4.78, 5) is 43.5. The van der Waals surface area contributed by atoms with E-state index in [9.17, 15) is 23.9 Å². The van der Waals surface area contributed by atoms with E-state index < -0.39 is 17.4 Å². The third-order valence-electron chi connectivity index (χ3n) is 7.56. The van der Waals surface area contributed by atoms with Gasteiger partial charge in [0.1, 0.15) is 12.4 Å². The van der Waals surface area contributed by atoms with Gasteiger partial charge < -0.3 is 19.7 Å². The third kappa shape index (κ3) is 3.59. The van der Waals surface area contributed by atoms with Gasteiger partial charge >= 0.3 is 5.97 Å². The molecule has 3 aliphatic heterocycles. The van der Waals surface area contributed by atoms with Crippen molar-refractivity contribution in [3.8, 4) is 11.4 Å². The number of nitrogens with zero attached hydrogens (tertiary/aromatic N) is 2. The first kappa shape index (κ1) is 24.1. The number of pyridine rings is 2. The molecule has 1 fully saturated rings. The number of ether oxygens (including phenoxy) is 1. The minimum absolute atomic E-state index is 0.0367. The number of hydrogen-bond acceptors (Lipinski definition) is 8. The van der Waals surface area contributed by atoms with Crippen LogP contribution in [0.5, 0.6) is 0 Å². The molecule has 3 N–H and O–H groups in total. The summed E-state index contributed by atoms with van der Waals surface area (Å²) < 4.78 is 21.2. The number of hydrogen-bond donors (Lipinski definition) is 3. The van der Waals surface area contributed by atoms with E-state index in [1.165, 1.54) is 10.6 Å². The van der Waals surface area contributed by atoms with Crippen LogP contribution in [0.15, 0.2) is 23.0 Å². The van der Waals surface area contributed by atoms with E-state index in [-0.39, 0.29) is 54.8 Å². The van der Waals surface area contributed by atoms with Crippen molar-refractivity contribution in [2.45, 2.75) is 51.6 Å². The highest BCUT2D eigenvalue weighted by atomic mass is 32.2. The Morgan fingerprint density at radius 1 is 1.35 bits per heavy atom. The van der Waals surface area contributed by atoms with Gasteiger partial charge in [-0.15, -0.1) is 11.8 Å². The van der Waals surface area contributed by atoms with Crippen LogP contribution in [0.4, 0.5) is 4.39 Å². The Morgan fingerprint density at radius 3 is 2.89 bits per heavy atom. The molecule has 3 aliphatic rings. The number of halogens is 1. The number of aromatic nitrogens is 2. The molecule has 0 radical (unpaired) electrons. The monoisotopic (exact) mass is 524 g/mol. The number of nitrogens with one attached hydrogen (secondary N) is 2. The highest BCUT2D eigenvalue weighted by Gasteiger charge is 2.45. The predicted octanol–water partition coefficient (Wildman–Crippen LogP) is 1.81. The van der Waals surface area contributed by atoms with E-state index in [4.69, 9.17) is 9.72 Å². The molecule has 1 aromatic carbocycles. The molecular formula is C26H25FN4O5S. The van der Waals surface area contributed by atoms with Gasteiger partial charge in [-0.25, -0.2) is 14.2 Å². The molecule has 5 heterocycles. The van der Waals surface area contributed by atoms with Crippen LogP contribution in [-0.4, -0.2) is 44.2 Å². The minimum atomic E-state index is -1.94. The van der Waals surface area contributed by atoms with Crippen LogP contribution in [0.1, 0.15) is 41.2 Å². The largest absolute Gasteiger partial charge is 0.458 e. The van der Waals surface area contributed by atoms with Crippen LogP contribution in [0.25, 0.3) is 22.3 Å². The molecule has 37 heavy (non-hydrogen) atoms. The maximum absolute atomic E-state index is 14.6. The molecular weight excluding hydrogens is 499 g/mol. The molecule has 0 unspecified atom stereocenters. The SMILES string of the molecule is CC[C@@]1(O)C(=O)OCc2c1cc1n(c2=O)Cc2c-1nc1cc(F)c(C)cc1c2CNC(=O)[C@H]1CSCN1. The van der Waals surface area contributed by atoms with Crippen molar-refractivity contribution >= 4 is 34.5 Å². The fourth-order valence-electron chi connectivity index (χ4n) is 5.36. The summed E-state index contributed by atoms with van der Waals surface area (Å²) in [5.41, 5.74) is 1.36. The Bertz CT molecular complexity index is 1570. The van der Waals surface area contributed by atoms with Gasteiger partial charge in [-0.05, 0) is 36.6 Å². The lowest BCUT2D eigenvalue weighted by molar-refractivity contribution is -0.172.